The van der Waals surface area contributed by atoms with Gasteiger partial charge in [0, 0.05) is 62.5 Å². The van der Waals surface area contributed by atoms with Gasteiger partial charge in [-0.05, 0) is 82.3 Å². The van der Waals surface area contributed by atoms with Gasteiger partial charge in [0.05, 0.1) is 53.6 Å². The summed E-state index contributed by atoms with van der Waals surface area (Å²) in [5.74, 6) is 6.52. The van der Waals surface area contributed by atoms with Crippen LogP contribution in [0.2, 0.25) is 0 Å². The number of rotatable bonds is 8. The second-order valence-electron chi connectivity index (χ2n) is 15.9. The summed E-state index contributed by atoms with van der Waals surface area (Å²) in [5, 5.41) is 15.4. The number of aromatic nitrogens is 7. The number of para-hydroxylation sites is 1. The monoisotopic (exact) mass is 797 g/mol. The van der Waals surface area contributed by atoms with E-state index in [2.05, 4.69) is 54.1 Å². The third-order valence-corrected chi connectivity index (χ3v) is 12.5. The fourth-order valence-corrected chi connectivity index (χ4v) is 9.23. The third-order valence-electron chi connectivity index (χ3n) is 12.5. The second-order valence-corrected chi connectivity index (χ2v) is 15.9. The lowest BCUT2D eigenvalue weighted by molar-refractivity contribution is -0.135. The van der Waals surface area contributed by atoms with E-state index in [1.807, 2.05) is 42.6 Å². The quantitative estimate of drug-likeness (QED) is 0.171. The lowest BCUT2D eigenvalue weighted by Crippen LogP contribution is -2.48. The molecule has 6 aromatic rings. The molecule has 16 nitrogen and oxygen atoms in total. The largest absolute Gasteiger partial charge is 0.496 e. The predicted molar refractivity (Wildman–Crippen MR) is 221 cm³/mol. The molecule has 59 heavy (non-hydrogen) atoms. The molecule has 3 amide bonds. The number of fused-ring (bicyclic) bond motifs is 3. The number of carbonyl (C=O) groups excluding carboxylic acids is 3. The number of carbonyl (C=O) groups is 3. The first-order valence-electron chi connectivity index (χ1n) is 20.3. The number of nitrogens with one attached hydrogen (secondary N) is 2. The minimum atomic E-state index is -0.727. The molecule has 2 aromatic carbocycles. The van der Waals surface area contributed by atoms with Crippen LogP contribution in [0.5, 0.6) is 5.75 Å². The SMILES string of the molecule is COc1cc2nn(C3CCC(N(C)C4CCN(CC#Cc5cccc6c5n(C)c(=O)n6C5CCC(=O)NC5=O)CC4)CC3)cc2cc1C(=O)Nc1cnc2cccnn12. The van der Waals surface area contributed by atoms with Crippen molar-refractivity contribution in [2.45, 2.75) is 75.5 Å². The summed E-state index contributed by atoms with van der Waals surface area (Å²) in [7, 11) is 5.54. The molecule has 304 valence electrons. The fourth-order valence-electron chi connectivity index (χ4n) is 9.23. The first kappa shape index (κ1) is 38.2. The predicted octanol–water partition coefficient (Wildman–Crippen LogP) is 3.90. The Morgan fingerprint density at radius 1 is 1.02 bits per heavy atom. The number of nitrogens with zero attached hydrogens (tertiary/aromatic N) is 9. The molecule has 1 aliphatic carbocycles. The lowest BCUT2D eigenvalue weighted by Gasteiger charge is -2.42. The van der Waals surface area contributed by atoms with E-state index in [0.29, 0.717) is 58.9 Å². The van der Waals surface area contributed by atoms with E-state index in [1.54, 1.807) is 41.7 Å². The summed E-state index contributed by atoms with van der Waals surface area (Å²) >= 11 is 0. The van der Waals surface area contributed by atoms with Gasteiger partial charge in [0.1, 0.15) is 11.8 Å². The molecule has 0 bridgehead atoms. The second kappa shape index (κ2) is 15.8. The Kier molecular flexibility index (Phi) is 10.2. The van der Waals surface area contributed by atoms with Crippen LogP contribution in [0.15, 0.2) is 65.8 Å². The molecule has 1 unspecified atom stereocenters. The minimum absolute atomic E-state index is 0.199. The van der Waals surface area contributed by atoms with Gasteiger partial charge < -0.3 is 15.0 Å². The molecule has 0 spiro atoms. The molecule has 0 radical (unpaired) electrons. The van der Waals surface area contributed by atoms with E-state index in [-0.39, 0.29) is 30.0 Å². The maximum absolute atomic E-state index is 13.4. The van der Waals surface area contributed by atoms with Crippen molar-refractivity contribution in [3.8, 4) is 17.6 Å². The zero-order valence-electron chi connectivity index (χ0n) is 33.4. The van der Waals surface area contributed by atoms with Crippen molar-refractivity contribution in [1.29, 1.82) is 0 Å². The normalized spacial score (nSPS) is 20.6. The highest BCUT2D eigenvalue weighted by Gasteiger charge is 2.33. The van der Waals surface area contributed by atoms with Crippen LogP contribution in [0.4, 0.5) is 5.82 Å². The first-order chi connectivity index (χ1) is 28.7. The van der Waals surface area contributed by atoms with Crippen LogP contribution in [0.3, 0.4) is 0 Å². The summed E-state index contributed by atoms with van der Waals surface area (Å²) in [6.45, 7) is 2.56. The van der Waals surface area contributed by atoms with E-state index in [0.717, 1.165) is 68.1 Å². The number of benzene rings is 2. The maximum Gasteiger partial charge on any atom is 0.329 e. The van der Waals surface area contributed by atoms with Gasteiger partial charge in [-0.1, -0.05) is 17.9 Å². The third kappa shape index (κ3) is 7.25. The smallest absolute Gasteiger partial charge is 0.329 e. The number of amides is 3. The van der Waals surface area contributed by atoms with E-state index in [1.165, 1.54) is 4.57 Å². The van der Waals surface area contributed by atoms with Crippen molar-refractivity contribution < 1.29 is 19.1 Å². The molecule has 4 aromatic heterocycles. The number of likely N-dealkylation sites (tertiary alicyclic amines) is 1. The number of imide groups is 1. The molecule has 3 aliphatic rings. The fraction of sp³-hybridized carbons (Fsp3) is 0.419. The summed E-state index contributed by atoms with van der Waals surface area (Å²) in [4.78, 5) is 60.4. The van der Waals surface area contributed by atoms with Gasteiger partial charge in [0.25, 0.3) is 5.91 Å². The average Bonchev–Trinajstić information content (AvgIpc) is 3.94. The summed E-state index contributed by atoms with van der Waals surface area (Å²) in [5.41, 5.74) is 3.63. The Balaban J connectivity index is 0.788. The summed E-state index contributed by atoms with van der Waals surface area (Å²) in [6.07, 6.45) is 12.2. The van der Waals surface area contributed by atoms with Crippen LogP contribution in [0, 0.1) is 11.8 Å². The minimum Gasteiger partial charge on any atom is -0.496 e. The molecule has 9 rings (SSSR count). The van der Waals surface area contributed by atoms with Gasteiger partial charge >= 0.3 is 5.69 Å². The Morgan fingerprint density at radius 2 is 1.81 bits per heavy atom. The van der Waals surface area contributed by atoms with Crippen molar-refractivity contribution in [2.75, 3.05) is 39.1 Å². The molecule has 3 fully saturated rings. The van der Waals surface area contributed by atoms with Crippen LogP contribution in [0.25, 0.3) is 27.6 Å². The van der Waals surface area contributed by atoms with Crippen molar-refractivity contribution in [1.82, 2.24) is 48.6 Å². The zero-order valence-corrected chi connectivity index (χ0v) is 33.4. The Bertz CT molecular complexity index is 2720. The van der Waals surface area contributed by atoms with Crippen molar-refractivity contribution in [2.24, 2.45) is 7.05 Å². The number of imidazole rings is 2. The number of hydrogen-bond donors (Lipinski definition) is 2. The van der Waals surface area contributed by atoms with E-state index in [4.69, 9.17) is 9.84 Å². The summed E-state index contributed by atoms with van der Waals surface area (Å²) in [6, 6.07) is 13.5. The molecule has 1 atom stereocenters. The lowest BCUT2D eigenvalue weighted by atomic mass is 9.88. The number of anilines is 1. The highest BCUT2D eigenvalue weighted by molar-refractivity contribution is 6.08. The van der Waals surface area contributed by atoms with Crippen LogP contribution in [-0.4, -0.2) is 107 Å². The van der Waals surface area contributed by atoms with Gasteiger partial charge in [-0.15, -0.1) is 0 Å². The Morgan fingerprint density at radius 3 is 2.59 bits per heavy atom. The molecule has 16 heteroatoms. The van der Waals surface area contributed by atoms with Gasteiger partial charge in [-0.3, -0.25) is 38.4 Å². The van der Waals surface area contributed by atoms with Gasteiger partial charge in [0.2, 0.25) is 11.8 Å². The number of methoxy groups -OCH3 is 1. The number of ether oxygens (including phenoxy) is 1. The maximum atomic E-state index is 13.4. The van der Waals surface area contributed by atoms with Crippen molar-refractivity contribution >= 4 is 51.1 Å². The number of piperidine rings is 2. The van der Waals surface area contributed by atoms with Crippen LogP contribution in [-0.2, 0) is 16.6 Å². The van der Waals surface area contributed by atoms with Crippen LogP contribution in [0.1, 0.15) is 79.4 Å². The molecule has 2 aliphatic heterocycles. The molecular weight excluding hydrogens is 751 g/mol. The van der Waals surface area contributed by atoms with E-state index in [9.17, 15) is 19.2 Å². The highest BCUT2D eigenvalue weighted by Crippen LogP contribution is 2.35. The van der Waals surface area contributed by atoms with E-state index < -0.39 is 11.9 Å². The molecule has 2 saturated heterocycles. The highest BCUT2D eigenvalue weighted by atomic mass is 16.5. The van der Waals surface area contributed by atoms with Gasteiger partial charge in [-0.25, -0.2) is 9.78 Å². The molecular formula is C43H47N11O5. The molecule has 2 N–H and O–H groups in total. The number of hydrogen-bond acceptors (Lipinski definition) is 10. The molecule has 1 saturated carbocycles. The van der Waals surface area contributed by atoms with Crippen LogP contribution < -0.4 is 21.1 Å². The first-order valence-corrected chi connectivity index (χ1v) is 20.3. The zero-order chi connectivity index (χ0) is 40.8. The summed E-state index contributed by atoms with van der Waals surface area (Å²) < 4.78 is 12.3. The van der Waals surface area contributed by atoms with Crippen molar-refractivity contribution in [3.05, 3.63) is 82.7 Å². The molecule has 6 heterocycles. The van der Waals surface area contributed by atoms with E-state index >= 15 is 0 Å². The average molecular weight is 798 g/mol. The van der Waals surface area contributed by atoms with Gasteiger partial charge in [0.15, 0.2) is 11.5 Å². The standard InChI is InChI=1S/C43H47N11O5/c1-49(30-17-21-51(22-18-30)20-6-8-27-7-4-9-34-40(27)50(2)43(58)53(34)35-15-16-39(55)47-42(35)57)29-11-13-31(14-12-29)52-26-28-23-32(36(59-3)24-33(28)48-52)41(56)46-38-25-44-37-10-5-19-45-54(37)38/h4-5,7,9-10,19,23-26,29-31,35H,11-18,20-22H2,1-3H3,(H,46,56)(H,47,55,57). The number of aryl methyl sites for hydroxylation is 1. The van der Waals surface area contributed by atoms with Crippen LogP contribution >= 0.6 is 0 Å². The van der Waals surface area contributed by atoms with Gasteiger partial charge in [-0.2, -0.15) is 14.7 Å². The topological polar surface area (TPSA) is 166 Å². The Labute approximate surface area is 340 Å². The van der Waals surface area contributed by atoms with Crippen molar-refractivity contribution in [3.63, 3.8) is 0 Å². The Hall–Kier alpha value is -6.31.